The second-order valence-electron chi connectivity index (χ2n) is 6.08. The van der Waals surface area contributed by atoms with Gasteiger partial charge in [0.05, 0.1) is 34.6 Å². The summed E-state index contributed by atoms with van der Waals surface area (Å²) in [4.78, 5) is 16.9. The fraction of sp³-hybridized carbons (Fsp3) is 0.0500. The molecule has 0 atom stereocenters. The summed E-state index contributed by atoms with van der Waals surface area (Å²) in [7, 11) is 1.65. The molecule has 0 aliphatic rings. The second-order valence-corrected chi connectivity index (χ2v) is 6.08. The molecule has 26 heavy (non-hydrogen) atoms. The van der Waals surface area contributed by atoms with E-state index in [0.29, 0.717) is 5.82 Å². The highest BCUT2D eigenvalue weighted by atomic mass is 16.5. The number of aromatic amines is 1. The van der Waals surface area contributed by atoms with Crippen LogP contribution >= 0.6 is 0 Å². The highest BCUT2D eigenvalue weighted by molar-refractivity contribution is 6.22. The molecule has 126 valence electrons. The average Bonchev–Trinajstić information content (AvgIpc) is 3.08. The smallest absolute Gasteiger partial charge is 0.134 e. The molecular formula is C20H15N5O. The summed E-state index contributed by atoms with van der Waals surface area (Å²) in [6, 6.07) is 11.6. The van der Waals surface area contributed by atoms with Gasteiger partial charge in [-0.1, -0.05) is 12.1 Å². The molecule has 3 N–H and O–H groups in total. The maximum atomic E-state index is 6.27. The molecule has 0 fully saturated rings. The number of fused-ring (bicyclic) bond motifs is 5. The Labute approximate surface area is 148 Å². The molecule has 6 nitrogen and oxygen atoms in total. The van der Waals surface area contributed by atoms with E-state index in [9.17, 15) is 0 Å². The normalized spacial score (nSPS) is 11.4. The SMILES string of the molecule is COc1cccc(-c2nccc3nc(N)c4c5cnccc5[nH]c4c23)c1. The minimum absolute atomic E-state index is 0.481. The van der Waals surface area contributed by atoms with Crippen LogP contribution in [0.3, 0.4) is 0 Å². The molecule has 0 unspecified atom stereocenters. The molecule has 0 radical (unpaired) electrons. The molecule has 0 spiro atoms. The maximum absolute atomic E-state index is 6.27. The van der Waals surface area contributed by atoms with E-state index in [4.69, 9.17) is 10.5 Å². The molecule has 5 aromatic rings. The molecule has 0 aliphatic heterocycles. The Bertz CT molecular complexity index is 1290. The Hall–Kier alpha value is -3.67. The quantitative estimate of drug-likeness (QED) is 0.508. The molecule has 6 heteroatoms. The zero-order valence-electron chi connectivity index (χ0n) is 14.0. The highest BCUT2D eigenvalue weighted by Crippen LogP contribution is 2.37. The van der Waals surface area contributed by atoms with Crippen LogP contribution in [0.15, 0.2) is 55.0 Å². The van der Waals surface area contributed by atoms with E-state index in [0.717, 1.165) is 49.7 Å². The Morgan fingerprint density at radius 1 is 1.08 bits per heavy atom. The lowest BCUT2D eigenvalue weighted by atomic mass is 10.0. The van der Waals surface area contributed by atoms with Gasteiger partial charge in [-0.3, -0.25) is 9.97 Å². The first-order valence-electron chi connectivity index (χ1n) is 8.20. The third-order valence-corrected chi connectivity index (χ3v) is 4.62. The van der Waals surface area contributed by atoms with Gasteiger partial charge in [0.2, 0.25) is 0 Å². The van der Waals surface area contributed by atoms with Gasteiger partial charge in [-0.15, -0.1) is 0 Å². The number of aromatic nitrogens is 4. The second kappa shape index (κ2) is 5.42. The van der Waals surface area contributed by atoms with Crippen molar-refractivity contribution in [3.63, 3.8) is 0 Å². The Kier molecular flexibility index (Phi) is 3.05. The summed E-state index contributed by atoms with van der Waals surface area (Å²) in [6.45, 7) is 0. The largest absolute Gasteiger partial charge is 0.497 e. The molecule has 5 rings (SSSR count). The van der Waals surface area contributed by atoms with Gasteiger partial charge in [0.1, 0.15) is 11.6 Å². The maximum Gasteiger partial charge on any atom is 0.134 e. The summed E-state index contributed by atoms with van der Waals surface area (Å²) >= 11 is 0. The van der Waals surface area contributed by atoms with E-state index in [1.54, 1.807) is 25.7 Å². The Balaban J connectivity index is 1.96. The van der Waals surface area contributed by atoms with Crippen molar-refractivity contribution in [1.29, 1.82) is 0 Å². The fourth-order valence-electron chi connectivity index (χ4n) is 3.45. The molecule has 0 saturated heterocycles. The zero-order valence-corrected chi connectivity index (χ0v) is 14.0. The number of H-pyrrole nitrogens is 1. The first-order chi connectivity index (χ1) is 12.8. The number of benzene rings is 1. The molecule has 4 aromatic heterocycles. The van der Waals surface area contributed by atoms with Crippen molar-refractivity contribution in [2.24, 2.45) is 0 Å². The van der Waals surface area contributed by atoms with Crippen molar-refractivity contribution in [2.75, 3.05) is 12.8 Å². The highest BCUT2D eigenvalue weighted by Gasteiger charge is 2.17. The summed E-state index contributed by atoms with van der Waals surface area (Å²) in [5.41, 5.74) is 10.7. The number of nitrogens with one attached hydrogen (secondary N) is 1. The van der Waals surface area contributed by atoms with E-state index in [1.165, 1.54) is 0 Å². The number of anilines is 1. The van der Waals surface area contributed by atoms with Gasteiger partial charge in [-0.25, -0.2) is 4.98 Å². The average molecular weight is 341 g/mol. The number of pyridine rings is 3. The fourth-order valence-corrected chi connectivity index (χ4v) is 3.45. The van der Waals surface area contributed by atoms with Crippen LogP contribution in [0.4, 0.5) is 5.82 Å². The number of hydrogen-bond acceptors (Lipinski definition) is 5. The van der Waals surface area contributed by atoms with Crippen LogP contribution in [-0.2, 0) is 0 Å². The lowest BCUT2D eigenvalue weighted by Gasteiger charge is -2.09. The van der Waals surface area contributed by atoms with Crippen molar-refractivity contribution in [3.8, 4) is 17.0 Å². The van der Waals surface area contributed by atoms with Gasteiger partial charge in [-0.2, -0.15) is 0 Å². The molecule has 4 heterocycles. The van der Waals surface area contributed by atoms with Crippen LogP contribution in [0, 0.1) is 0 Å². The zero-order chi connectivity index (χ0) is 17.7. The van der Waals surface area contributed by atoms with Crippen LogP contribution in [0.5, 0.6) is 5.75 Å². The van der Waals surface area contributed by atoms with E-state index in [2.05, 4.69) is 19.9 Å². The monoisotopic (exact) mass is 341 g/mol. The number of methoxy groups -OCH3 is 1. The van der Waals surface area contributed by atoms with Crippen molar-refractivity contribution in [2.45, 2.75) is 0 Å². The summed E-state index contributed by atoms with van der Waals surface area (Å²) in [6.07, 6.45) is 5.31. The van der Waals surface area contributed by atoms with Crippen LogP contribution in [0.1, 0.15) is 0 Å². The predicted molar refractivity (Wildman–Crippen MR) is 103 cm³/mol. The van der Waals surface area contributed by atoms with Crippen molar-refractivity contribution >= 4 is 38.5 Å². The minimum atomic E-state index is 0.481. The topological polar surface area (TPSA) is 89.7 Å². The molecule has 0 aliphatic carbocycles. The van der Waals surface area contributed by atoms with E-state index in [1.807, 2.05) is 36.4 Å². The summed E-state index contributed by atoms with van der Waals surface area (Å²) in [5, 5.41) is 2.76. The Morgan fingerprint density at radius 2 is 2.00 bits per heavy atom. The first kappa shape index (κ1) is 14.7. The molecular weight excluding hydrogens is 326 g/mol. The number of nitrogens with two attached hydrogens (primary N) is 1. The molecule has 1 aromatic carbocycles. The number of ether oxygens (including phenoxy) is 1. The van der Waals surface area contributed by atoms with Gasteiger partial charge in [-0.05, 0) is 24.3 Å². The van der Waals surface area contributed by atoms with Gasteiger partial charge in [0.15, 0.2) is 0 Å². The van der Waals surface area contributed by atoms with Crippen LogP contribution < -0.4 is 10.5 Å². The number of nitrogen functional groups attached to an aromatic ring is 1. The first-order valence-corrected chi connectivity index (χ1v) is 8.20. The lowest BCUT2D eigenvalue weighted by Crippen LogP contribution is -1.95. The van der Waals surface area contributed by atoms with Crippen LogP contribution in [0.2, 0.25) is 0 Å². The Morgan fingerprint density at radius 3 is 2.88 bits per heavy atom. The number of nitrogens with zero attached hydrogens (tertiary/aromatic N) is 3. The number of rotatable bonds is 2. The van der Waals surface area contributed by atoms with Crippen molar-refractivity contribution < 1.29 is 4.74 Å². The van der Waals surface area contributed by atoms with Gasteiger partial charge in [0.25, 0.3) is 0 Å². The van der Waals surface area contributed by atoms with Crippen LogP contribution in [-0.4, -0.2) is 27.0 Å². The standard InChI is InChI=1S/C20H15N5O/c1-26-12-4-2-3-11(9-12)18-17-15(6-8-23-18)25-20(21)16-13-10-22-7-5-14(13)24-19(16)17/h2-10,24H,1H3,(H2,21,25). The predicted octanol–water partition coefficient (Wildman–Crippen LogP) is 3.92. The molecule has 0 amide bonds. The van der Waals surface area contributed by atoms with Gasteiger partial charge < -0.3 is 15.5 Å². The molecule has 0 bridgehead atoms. The lowest BCUT2D eigenvalue weighted by molar-refractivity contribution is 0.415. The van der Waals surface area contributed by atoms with E-state index in [-0.39, 0.29) is 0 Å². The molecule has 0 saturated carbocycles. The van der Waals surface area contributed by atoms with E-state index < -0.39 is 0 Å². The van der Waals surface area contributed by atoms with Crippen molar-refractivity contribution in [1.82, 2.24) is 19.9 Å². The van der Waals surface area contributed by atoms with Gasteiger partial charge >= 0.3 is 0 Å². The number of hydrogen-bond donors (Lipinski definition) is 2. The van der Waals surface area contributed by atoms with Crippen molar-refractivity contribution in [3.05, 3.63) is 55.0 Å². The minimum Gasteiger partial charge on any atom is -0.497 e. The summed E-state index contributed by atoms with van der Waals surface area (Å²) < 4.78 is 5.36. The third-order valence-electron chi connectivity index (χ3n) is 4.62. The van der Waals surface area contributed by atoms with Gasteiger partial charge in [0, 0.05) is 35.1 Å². The summed E-state index contributed by atoms with van der Waals surface area (Å²) in [5.74, 6) is 1.26. The third kappa shape index (κ3) is 2.02. The van der Waals surface area contributed by atoms with E-state index >= 15 is 0 Å². The van der Waals surface area contributed by atoms with Crippen LogP contribution in [0.25, 0.3) is 44.0 Å².